The summed E-state index contributed by atoms with van der Waals surface area (Å²) < 4.78 is 5.38. The van der Waals surface area contributed by atoms with Crippen molar-refractivity contribution in [3.8, 4) is 23.0 Å². The molecule has 0 fully saturated rings. The molecule has 0 aliphatic heterocycles. The summed E-state index contributed by atoms with van der Waals surface area (Å²) >= 11 is 0. The first kappa shape index (κ1) is 25.6. The van der Waals surface area contributed by atoms with Gasteiger partial charge in [-0.3, -0.25) is 14.6 Å². The van der Waals surface area contributed by atoms with Crippen molar-refractivity contribution >= 4 is 17.6 Å². The summed E-state index contributed by atoms with van der Waals surface area (Å²) in [6.45, 7) is 2.25. The molecule has 0 saturated heterocycles. The molecule has 0 radical (unpaired) electrons. The third kappa shape index (κ3) is 7.00. The van der Waals surface area contributed by atoms with Gasteiger partial charge < -0.3 is 20.3 Å². The van der Waals surface area contributed by atoms with E-state index in [2.05, 4.69) is 44.8 Å². The van der Waals surface area contributed by atoms with E-state index in [0.29, 0.717) is 23.0 Å². The van der Waals surface area contributed by atoms with Crippen LogP contribution in [0.3, 0.4) is 0 Å². The highest BCUT2D eigenvalue weighted by molar-refractivity contribution is 5.94. The summed E-state index contributed by atoms with van der Waals surface area (Å²) in [7, 11) is 0. The van der Waals surface area contributed by atoms with E-state index in [0.717, 1.165) is 36.1 Å². The van der Waals surface area contributed by atoms with Crippen LogP contribution in [-0.4, -0.2) is 38.7 Å². The molecule has 2 heterocycles. The Morgan fingerprint density at radius 3 is 2.49 bits per heavy atom. The van der Waals surface area contributed by atoms with E-state index >= 15 is 0 Å². The van der Waals surface area contributed by atoms with Gasteiger partial charge in [0, 0.05) is 29.6 Å². The van der Waals surface area contributed by atoms with E-state index in [9.17, 15) is 9.59 Å². The highest BCUT2D eigenvalue weighted by Gasteiger charge is 2.15. The number of carboxylic acids is 1. The average Bonchev–Trinajstić information content (AvgIpc) is 3.42. The molecule has 0 aliphatic carbocycles. The van der Waals surface area contributed by atoms with Crippen LogP contribution in [0.4, 0.5) is 5.69 Å². The number of carbonyl (C=O) groups is 2. The minimum Gasteiger partial charge on any atom is -0.481 e. The van der Waals surface area contributed by atoms with Crippen LogP contribution >= 0.6 is 0 Å². The number of anilines is 1. The number of hydrogen-bond acceptors (Lipinski definition) is 7. The van der Waals surface area contributed by atoms with Crippen LogP contribution in [0.1, 0.15) is 54.6 Å². The van der Waals surface area contributed by atoms with Crippen molar-refractivity contribution in [2.45, 2.75) is 38.6 Å². The second-order valence-corrected chi connectivity index (χ2v) is 8.58. The maximum atomic E-state index is 12.2. The second kappa shape index (κ2) is 12.4. The Labute approximate surface area is 215 Å². The fourth-order valence-corrected chi connectivity index (χ4v) is 3.83. The summed E-state index contributed by atoms with van der Waals surface area (Å²) in [5, 5.41) is 19.0. The number of carbonyl (C=O) groups excluding carboxylic acids is 1. The number of carboxylic acid groups (broad SMARTS) is 1. The number of nitrogens with one attached hydrogen (secondary N) is 2. The Bertz CT molecular complexity index is 1300. The first-order chi connectivity index (χ1) is 18.0. The molecule has 3 N–H and O–H groups in total. The minimum atomic E-state index is -0.947. The highest BCUT2D eigenvalue weighted by Crippen LogP contribution is 2.28. The number of pyridine rings is 1. The lowest BCUT2D eigenvalue weighted by atomic mass is 9.99. The minimum absolute atomic E-state index is 0.0820. The Hall–Kier alpha value is -4.53. The van der Waals surface area contributed by atoms with Gasteiger partial charge in [0.05, 0.1) is 12.5 Å². The Morgan fingerprint density at radius 1 is 1.03 bits per heavy atom. The van der Waals surface area contributed by atoms with Gasteiger partial charge in [-0.25, -0.2) is 0 Å². The third-order valence-electron chi connectivity index (χ3n) is 5.84. The van der Waals surface area contributed by atoms with E-state index in [1.165, 1.54) is 0 Å². The summed E-state index contributed by atoms with van der Waals surface area (Å²) in [6, 6.07) is 20.9. The molecular weight excluding hydrogens is 470 g/mol. The molecule has 37 heavy (non-hydrogen) atoms. The van der Waals surface area contributed by atoms with Crippen LogP contribution in [0.25, 0.3) is 23.0 Å². The van der Waals surface area contributed by atoms with Gasteiger partial charge in [0.2, 0.25) is 5.82 Å². The summed E-state index contributed by atoms with van der Waals surface area (Å²) in [5.74, 6) is -0.361. The molecule has 0 aliphatic rings. The fraction of sp³-hybridized carbons (Fsp3) is 0.250. The molecule has 0 saturated carbocycles. The number of aromatic nitrogens is 3. The molecule has 2 aromatic carbocycles. The van der Waals surface area contributed by atoms with Crippen LogP contribution in [0.2, 0.25) is 0 Å². The number of unbranched alkanes of at least 4 members (excludes halogenated alkanes) is 1. The zero-order valence-corrected chi connectivity index (χ0v) is 20.6. The average molecular weight is 500 g/mol. The fourth-order valence-electron chi connectivity index (χ4n) is 3.83. The van der Waals surface area contributed by atoms with Crippen LogP contribution in [0, 0.1) is 0 Å². The van der Waals surface area contributed by atoms with E-state index < -0.39 is 5.97 Å². The maximum Gasteiger partial charge on any atom is 0.305 e. The molecule has 0 spiro atoms. The Balaban J connectivity index is 1.43. The van der Waals surface area contributed by atoms with E-state index in [1.54, 1.807) is 18.3 Å². The quantitative estimate of drug-likeness (QED) is 0.238. The van der Waals surface area contributed by atoms with Crippen molar-refractivity contribution < 1.29 is 19.2 Å². The third-order valence-corrected chi connectivity index (χ3v) is 5.84. The smallest absolute Gasteiger partial charge is 0.305 e. The molecule has 0 bridgehead atoms. The number of amides is 1. The predicted octanol–water partition coefficient (Wildman–Crippen LogP) is 5.35. The summed E-state index contributed by atoms with van der Waals surface area (Å²) in [4.78, 5) is 31.6. The lowest BCUT2D eigenvalue weighted by molar-refractivity contribution is -0.136. The number of hydrogen-bond donors (Lipinski definition) is 3. The van der Waals surface area contributed by atoms with Gasteiger partial charge in [-0.2, -0.15) is 4.98 Å². The maximum absolute atomic E-state index is 12.2. The van der Waals surface area contributed by atoms with Crippen molar-refractivity contribution in [2.75, 3.05) is 11.9 Å². The van der Waals surface area contributed by atoms with Gasteiger partial charge >= 0.3 is 5.97 Å². The molecular formula is C28H29N5O4. The van der Waals surface area contributed by atoms with Crippen LogP contribution < -0.4 is 10.6 Å². The standard InChI is InChI=1S/C28H29N5O4/c1-2-3-6-23(31-22-14-12-21(13-15-22)27(36)30-18-16-25(34)35)19-8-10-20(11-9-19)26-32-28(37-33-26)24-7-4-5-17-29-24/h4-5,7-15,17,23,31H,2-3,6,16,18H2,1H3,(H,30,36)(H,34,35)/t23-/m1/s1. The lowest BCUT2D eigenvalue weighted by Gasteiger charge is -2.21. The van der Waals surface area contributed by atoms with Crippen LogP contribution in [0.5, 0.6) is 0 Å². The van der Waals surface area contributed by atoms with Gasteiger partial charge in [0.1, 0.15) is 5.69 Å². The van der Waals surface area contributed by atoms with E-state index in [1.807, 2.05) is 42.5 Å². The Kier molecular flexibility index (Phi) is 8.59. The van der Waals surface area contributed by atoms with Gasteiger partial charge in [-0.15, -0.1) is 0 Å². The monoisotopic (exact) mass is 499 g/mol. The molecule has 9 heteroatoms. The van der Waals surface area contributed by atoms with Gasteiger partial charge in [-0.1, -0.05) is 55.3 Å². The zero-order chi connectivity index (χ0) is 26.0. The summed E-state index contributed by atoms with van der Waals surface area (Å²) in [5.41, 5.74) is 3.98. The van der Waals surface area contributed by atoms with Crippen molar-refractivity contribution in [2.24, 2.45) is 0 Å². The molecule has 0 unspecified atom stereocenters. The number of rotatable bonds is 12. The zero-order valence-electron chi connectivity index (χ0n) is 20.6. The molecule has 4 aromatic rings. The van der Waals surface area contributed by atoms with Gasteiger partial charge in [0.15, 0.2) is 0 Å². The first-order valence-electron chi connectivity index (χ1n) is 12.3. The second-order valence-electron chi connectivity index (χ2n) is 8.58. The van der Waals surface area contributed by atoms with Crippen molar-refractivity contribution in [1.82, 2.24) is 20.4 Å². The molecule has 1 amide bonds. The largest absolute Gasteiger partial charge is 0.481 e. The normalized spacial score (nSPS) is 11.6. The Morgan fingerprint density at radius 2 is 1.81 bits per heavy atom. The topological polar surface area (TPSA) is 130 Å². The molecule has 4 rings (SSSR count). The SMILES string of the molecule is CCCC[C@@H](Nc1ccc(C(=O)NCCC(=O)O)cc1)c1ccc(-c2noc(-c3ccccn3)n2)cc1. The van der Waals surface area contributed by atoms with Crippen molar-refractivity contribution in [1.29, 1.82) is 0 Å². The highest BCUT2D eigenvalue weighted by atomic mass is 16.5. The summed E-state index contributed by atoms with van der Waals surface area (Å²) in [6.07, 6.45) is 4.65. The van der Waals surface area contributed by atoms with E-state index in [-0.39, 0.29) is 24.9 Å². The van der Waals surface area contributed by atoms with Crippen molar-refractivity contribution in [3.05, 3.63) is 84.1 Å². The van der Waals surface area contributed by atoms with Crippen LogP contribution in [0.15, 0.2) is 77.4 Å². The number of benzene rings is 2. The van der Waals surface area contributed by atoms with Crippen molar-refractivity contribution in [3.63, 3.8) is 0 Å². The molecule has 190 valence electrons. The molecule has 9 nitrogen and oxygen atoms in total. The number of aliphatic carboxylic acids is 1. The lowest BCUT2D eigenvalue weighted by Crippen LogP contribution is -2.25. The van der Waals surface area contributed by atoms with Gasteiger partial charge in [-0.05, 0) is 48.4 Å². The first-order valence-corrected chi connectivity index (χ1v) is 12.3. The van der Waals surface area contributed by atoms with Crippen LogP contribution in [-0.2, 0) is 4.79 Å². The predicted molar refractivity (Wildman–Crippen MR) is 140 cm³/mol. The van der Waals surface area contributed by atoms with E-state index in [4.69, 9.17) is 9.63 Å². The molecule has 2 aromatic heterocycles. The number of nitrogens with zero attached hydrogens (tertiary/aromatic N) is 3. The van der Waals surface area contributed by atoms with Gasteiger partial charge in [0.25, 0.3) is 11.8 Å². The molecule has 1 atom stereocenters.